The monoisotopic (exact) mass is 298 g/mol. The molecule has 6 heteroatoms. The zero-order valence-corrected chi connectivity index (χ0v) is 12.2. The van der Waals surface area contributed by atoms with Crippen molar-refractivity contribution in [1.29, 1.82) is 0 Å². The van der Waals surface area contributed by atoms with Gasteiger partial charge in [0.2, 0.25) is 5.28 Å². The number of hydrogen-bond donors (Lipinski definition) is 1. The molecule has 0 aliphatic carbocycles. The summed E-state index contributed by atoms with van der Waals surface area (Å²) in [5.41, 5.74) is 0. The van der Waals surface area contributed by atoms with Crippen LogP contribution in [0.4, 0.5) is 10.2 Å². The summed E-state index contributed by atoms with van der Waals surface area (Å²) in [5, 5.41) is 3.20. The Hall–Kier alpha value is -0.940. The summed E-state index contributed by atoms with van der Waals surface area (Å²) >= 11 is 5.71. The molecule has 20 heavy (non-hydrogen) atoms. The van der Waals surface area contributed by atoms with Crippen LogP contribution < -0.4 is 5.32 Å². The summed E-state index contributed by atoms with van der Waals surface area (Å²) in [5.74, 6) is 0.348. The number of nitrogens with one attached hydrogen (secondary N) is 1. The predicted octanol–water partition coefficient (Wildman–Crippen LogP) is 2.95. The predicted molar refractivity (Wildman–Crippen MR) is 77.4 cm³/mol. The van der Waals surface area contributed by atoms with E-state index in [1.165, 1.54) is 45.2 Å². The number of anilines is 1. The summed E-state index contributed by atoms with van der Waals surface area (Å²) in [4.78, 5) is 10.1. The number of fused-ring (bicyclic) bond motifs is 1. The Balaban J connectivity index is 1.63. The number of rotatable bonds is 3. The van der Waals surface area contributed by atoms with Gasteiger partial charge in [0.1, 0.15) is 0 Å². The third kappa shape index (κ3) is 3.04. The Kier molecular flexibility index (Phi) is 4.36. The third-order valence-electron chi connectivity index (χ3n) is 4.48. The summed E-state index contributed by atoms with van der Waals surface area (Å²) in [6.07, 6.45) is 7.44. The SMILES string of the molecule is Fc1cnc(Cl)nc1NCC1CCCN2CCCCC12. The second-order valence-electron chi connectivity index (χ2n) is 5.72. The van der Waals surface area contributed by atoms with Crippen molar-refractivity contribution >= 4 is 17.4 Å². The smallest absolute Gasteiger partial charge is 0.224 e. The van der Waals surface area contributed by atoms with Crippen molar-refractivity contribution in [1.82, 2.24) is 14.9 Å². The van der Waals surface area contributed by atoms with Crippen LogP contribution in [0.15, 0.2) is 6.20 Å². The lowest BCUT2D eigenvalue weighted by atomic mass is 9.83. The van der Waals surface area contributed by atoms with Crippen molar-refractivity contribution < 1.29 is 4.39 Å². The molecule has 2 aliphatic rings. The van der Waals surface area contributed by atoms with Crippen LogP contribution in [-0.4, -0.2) is 40.5 Å². The first-order valence-electron chi connectivity index (χ1n) is 7.40. The van der Waals surface area contributed by atoms with E-state index < -0.39 is 5.82 Å². The molecular formula is C14H20ClFN4. The normalized spacial score (nSPS) is 27.1. The second kappa shape index (κ2) is 6.22. The van der Waals surface area contributed by atoms with Gasteiger partial charge in [0, 0.05) is 12.6 Å². The lowest BCUT2D eigenvalue weighted by Crippen LogP contribution is -2.49. The third-order valence-corrected chi connectivity index (χ3v) is 4.66. The van der Waals surface area contributed by atoms with E-state index in [-0.39, 0.29) is 11.1 Å². The fraction of sp³-hybridized carbons (Fsp3) is 0.714. The molecule has 1 aromatic rings. The average molecular weight is 299 g/mol. The summed E-state index contributed by atoms with van der Waals surface area (Å²) in [7, 11) is 0. The molecule has 0 saturated carbocycles. The minimum atomic E-state index is -0.439. The van der Waals surface area contributed by atoms with E-state index in [1.54, 1.807) is 0 Å². The Morgan fingerprint density at radius 1 is 1.30 bits per heavy atom. The van der Waals surface area contributed by atoms with Crippen molar-refractivity contribution in [2.75, 3.05) is 25.0 Å². The molecule has 0 amide bonds. The highest BCUT2D eigenvalue weighted by molar-refractivity contribution is 6.28. The first-order chi connectivity index (χ1) is 9.74. The van der Waals surface area contributed by atoms with Gasteiger partial charge in [-0.25, -0.2) is 9.37 Å². The Labute approximate surface area is 123 Å². The molecule has 1 N–H and O–H groups in total. The Morgan fingerprint density at radius 2 is 2.15 bits per heavy atom. The lowest BCUT2D eigenvalue weighted by molar-refractivity contribution is 0.0648. The molecule has 110 valence electrons. The van der Waals surface area contributed by atoms with E-state index in [0.717, 1.165) is 12.7 Å². The maximum absolute atomic E-state index is 13.6. The number of piperidine rings is 2. The van der Waals surface area contributed by atoms with E-state index in [4.69, 9.17) is 11.6 Å². The van der Waals surface area contributed by atoms with Crippen LogP contribution in [0.5, 0.6) is 0 Å². The molecular weight excluding hydrogens is 279 g/mol. The van der Waals surface area contributed by atoms with Gasteiger partial charge in [0.15, 0.2) is 11.6 Å². The number of hydrogen-bond acceptors (Lipinski definition) is 4. The van der Waals surface area contributed by atoms with Gasteiger partial charge in [0.05, 0.1) is 6.20 Å². The topological polar surface area (TPSA) is 41.1 Å². The zero-order valence-electron chi connectivity index (χ0n) is 11.5. The maximum Gasteiger partial charge on any atom is 0.224 e. The van der Waals surface area contributed by atoms with Gasteiger partial charge in [0.25, 0.3) is 0 Å². The minimum Gasteiger partial charge on any atom is -0.367 e. The Morgan fingerprint density at radius 3 is 3.05 bits per heavy atom. The van der Waals surface area contributed by atoms with E-state index in [2.05, 4.69) is 20.2 Å². The quantitative estimate of drug-likeness (QED) is 0.871. The number of halogens is 2. The van der Waals surface area contributed by atoms with E-state index >= 15 is 0 Å². The van der Waals surface area contributed by atoms with Gasteiger partial charge in [-0.2, -0.15) is 4.98 Å². The molecule has 2 saturated heterocycles. The van der Waals surface area contributed by atoms with Crippen LogP contribution in [-0.2, 0) is 0 Å². The van der Waals surface area contributed by atoms with Crippen LogP contribution in [0.3, 0.4) is 0 Å². The van der Waals surface area contributed by atoms with Gasteiger partial charge in [-0.1, -0.05) is 6.42 Å². The average Bonchev–Trinajstić information content (AvgIpc) is 2.48. The summed E-state index contributed by atoms with van der Waals surface area (Å²) in [6, 6.07) is 0.644. The van der Waals surface area contributed by atoms with Gasteiger partial charge in [-0.3, -0.25) is 0 Å². The van der Waals surface area contributed by atoms with E-state index in [0.29, 0.717) is 12.0 Å². The van der Waals surface area contributed by atoms with Gasteiger partial charge in [-0.15, -0.1) is 0 Å². The van der Waals surface area contributed by atoms with Crippen molar-refractivity contribution in [3.05, 3.63) is 17.3 Å². The van der Waals surface area contributed by atoms with Gasteiger partial charge in [-0.05, 0) is 56.3 Å². The molecule has 0 spiro atoms. The summed E-state index contributed by atoms with van der Waals surface area (Å²) in [6.45, 7) is 3.19. The number of aromatic nitrogens is 2. The Bertz CT molecular complexity index is 468. The van der Waals surface area contributed by atoms with Crippen molar-refractivity contribution in [3.63, 3.8) is 0 Å². The fourth-order valence-corrected chi connectivity index (χ4v) is 3.65. The van der Waals surface area contributed by atoms with Crippen molar-refractivity contribution in [2.45, 2.75) is 38.1 Å². The molecule has 0 radical (unpaired) electrons. The fourth-order valence-electron chi connectivity index (χ4n) is 3.51. The standard InChI is InChI=1S/C14H20ClFN4/c15-14-18-9-11(16)13(19-14)17-8-10-4-3-7-20-6-2-1-5-12(10)20/h9-10,12H,1-8H2,(H,17,18,19). The molecule has 2 aliphatic heterocycles. The first kappa shape index (κ1) is 14.0. The highest BCUT2D eigenvalue weighted by atomic mass is 35.5. The first-order valence-corrected chi connectivity index (χ1v) is 7.78. The van der Waals surface area contributed by atoms with Crippen LogP contribution in [0.1, 0.15) is 32.1 Å². The largest absolute Gasteiger partial charge is 0.367 e. The van der Waals surface area contributed by atoms with Crippen molar-refractivity contribution in [2.24, 2.45) is 5.92 Å². The molecule has 2 atom stereocenters. The zero-order chi connectivity index (χ0) is 13.9. The van der Waals surface area contributed by atoms with E-state index in [9.17, 15) is 4.39 Å². The molecule has 0 aromatic carbocycles. The highest BCUT2D eigenvalue weighted by Gasteiger charge is 2.32. The summed E-state index contributed by atoms with van der Waals surface area (Å²) < 4.78 is 13.6. The van der Waals surface area contributed by atoms with E-state index in [1.807, 2.05) is 0 Å². The van der Waals surface area contributed by atoms with Crippen molar-refractivity contribution in [3.8, 4) is 0 Å². The number of nitrogens with zero attached hydrogens (tertiary/aromatic N) is 3. The van der Waals surface area contributed by atoms with Crippen LogP contribution >= 0.6 is 11.6 Å². The molecule has 3 rings (SSSR count). The van der Waals surface area contributed by atoms with Gasteiger partial charge < -0.3 is 10.2 Å². The lowest BCUT2D eigenvalue weighted by Gasteiger charge is -2.44. The molecule has 0 bridgehead atoms. The van der Waals surface area contributed by atoms with Crippen LogP contribution in [0, 0.1) is 11.7 Å². The molecule has 4 nitrogen and oxygen atoms in total. The maximum atomic E-state index is 13.6. The van der Waals surface area contributed by atoms with Crippen LogP contribution in [0.25, 0.3) is 0 Å². The second-order valence-corrected chi connectivity index (χ2v) is 6.06. The van der Waals surface area contributed by atoms with Gasteiger partial charge >= 0.3 is 0 Å². The van der Waals surface area contributed by atoms with Crippen LogP contribution in [0.2, 0.25) is 5.28 Å². The highest BCUT2D eigenvalue weighted by Crippen LogP contribution is 2.31. The molecule has 3 heterocycles. The molecule has 2 unspecified atom stereocenters. The minimum absolute atomic E-state index is 0.0804. The molecule has 2 fully saturated rings. The molecule has 1 aromatic heterocycles.